The molecule has 0 aliphatic carbocycles. The van der Waals surface area contributed by atoms with Crippen LogP contribution in [0.15, 0.2) is 6.07 Å². The third kappa shape index (κ3) is 4.37. The summed E-state index contributed by atoms with van der Waals surface area (Å²) in [5, 5.41) is 11.0. The van der Waals surface area contributed by atoms with Gasteiger partial charge in [0.1, 0.15) is 0 Å². The zero-order chi connectivity index (χ0) is 13.5. The van der Waals surface area contributed by atoms with Crippen molar-refractivity contribution in [2.75, 3.05) is 6.54 Å². The van der Waals surface area contributed by atoms with Crippen LogP contribution in [0, 0.1) is 6.92 Å². The molecule has 18 heavy (non-hydrogen) atoms. The summed E-state index contributed by atoms with van der Waals surface area (Å²) in [6, 6.07) is 1.80. The molecule has 1 unspecified atom stereocenters. The zero-order valence-electron chi connectivity index (χ0n) is 11.2. The molecule has 1 aromatic heterocycles. The molecule has 0 spiro atoms. The highest BCUT2D eigenvalue weighted by atomic mass is 79.9. The van der Waals surface area contributed by atoms with Crippen LogP contribution in [0.1, 0.15) is 48.4 Å². The van der Waals surface area contributed by atoms with Gasteiger partial charge in [-0.05, 0) is 25.8 Å². The van der Waals surface area contributed by atoms with E-state index in [2.05, 4.69) is 38.4 Å². The SMILES string of the molecule is CCCC(Br)CNC(=O)c1cc(C)nnc1CC. The molecule has 0 aromatic carbocycles. The van der Waals surface area contributed by atoms with Gasteiger partial charge in [0, 0.05) is 11.4 Å². The van der Waals surface area contributed by atoms with Crippen LogP contribution < -0.4 is 5.32 Å². The summed E-state index contributed by atoms with van der Waals surface area (Å²) in [6.45, 7) is 6.58. The zero-order valence-corrected chi connectivity index (χ0v) is 12.7. The van der Waals surface area contributed by atoms with Gasteiger partial charge in [-0.1, -0.05) is 36.2 Å². The fourth-order valence-corrected chi connectivity index (χ4v) is 2.31. The third-order valence-corrected chi connectivity index (χ3v) is 3.44. The van der Waals surface area contributed by atoms with Gasteiger partial charge in [0.2, 0.25) is 0 Å². The molecular weight excluding hydrogens is 294 g/mol. The van der Waals surface area contributed by atoms with Gasteiger partial charge in [-0.2, -0.15) is 10.2 Å². The Morgan fingerprint density at radius 2 is 2.17 bits per heavy atom. The largest absolute Gasteiger partial charge is 0.351 e. The first-order chi connectivity index (χ1) is 8.58. The fraction of sp³-hybridized carbons (Fsp3) is 0.615. The van der Waals surface area contributed by atoms with E-state index in [1.54, 1.807) is 6.07 Å². The number of hydrogen-bond donors (Lipinski definition) is 1. The molecule has 0 saturated carbocycles. The summed E-state index contributed by atoms with van der Waals surface area (Å²) in [4.78, 5) is 12.4. The molecule has 5 heteroatoms. The van der Waals surface area contributed by atoms with E-state index in [-0.39, 0.29) is 5.91 Å². The molecule has 1 aromatic rings. The normalized spacial score (nSPS) is 12.2. The van der Waals surface area contributed by atoms with Gasteiger partial charge in [-0.3, -0.25) is 4.79 Å². The van der Waals surface area contributed by atoms with Crippen molar-refractivity contribution in [3.8, 4) is 0 Å². The second-order valence-electron chi connectivity index (χ2n) is 4.30. The molecule has 0 bridgehead atoms. The van der Waals surface area contributed by atoms with Gasteiger partial charge >= 0.3 is 0 Å². The van der Waals surface area contributed by atoms with Crippen molar-refractivity contribution < 1.29 is 4.79 Å². The first-order valence-corrected chi connectivity index (χ1v) is 7.25. The lowest BCUT2D eigenvalue weighted by molar-refractivity contribution is 0.0952. The number of nitrogens with one attached hydrogen (secondary N) is 1. The number of alkyl halides is 1. The lowest BCUT2D eigenvalue weighted by Gasteiger charge is -2.11. The van der Waals surface area contributed by atoms with E-state index in [1.807, 2.05) is 13.8 Å². The van der Waals surface area contributed by atoms with Crippen molar-refractivity contribution in [2.45, 2.75) is 44.9 Å². The quantitative estimate of drug-likeness (QED) is 0.821. The van der Waals surface area contributed by atoms with E-state index in [1.165, 1.54) is 0 Å². The van der Waals surface area contributed by atoms with E-state index in [4.69, 9.17) is 0 Å². The summed E-state index contributed by atoms with van der Waals surface area (Å²) in [6.07, 6.45) is 2.86. The summed E-state index contributed by atoms with van der Waals surface area (Å²) in [7, 11) is 0. The molecule has 0 aliphatic heterocycles. The number of aryl methyl sites for hydroxylation is 2. The number of carbonyl (C=O) groups is 1. The number of carbonyl (C=O) groups excluding carboxylic acids is 1. The molecule has 1 N–H and O–H groups in total. The molecule has 1 atom stereocenters. The van der Waals surface area contributed by atoms with Crippen molar-refractivity contribution in [3.63, 3.8) is 0 Å². The molecule has 1 heterocycles. The maximum atomic E-state index is 12.1. The second-order valence-corrected chi connectivity index (χ2v) is 5.59. The average Bonchev–Trinajstić information content (AvgIpc) is 2.36. The van der Waals surface area contributed by atoms with Crippen molar-refractivity contribution in [1.29, 1.82) is 0 Å². The number of rotatable bonds is 6. The molecule has 0 fully saturated rings. The van der Waals surface area contributed by atoms with Gasteiger partial charge in [0.25, 0.3) is 5.91 Å². The van der Waals surface area contributed by atoms with E-state index < -0.39 is 0 Å². The Morgan fingerprint density at radius 1 is 1.44 bits per heavy atom. The number of aromatic nitrogens is 2. The molecule has 1 rings (SSSR count). The van der Waals surface area contributed by atoms with Crippen LogP contribution >= 0.6 is 15.9 Å². The predicted octanol–water partition coefficient (Wildman–Crippen LogP) is 2.64. The Labute approximate surface area is 117 Å². The Bertz CT molecular complexity index is 409. The lowest BCUT2D eigenvalue weighted by Crippen LogP contribution is -2.30. The molecule has 4 nitrogen and oxygen atoms in total. The van der Waals surface area contributed by atoms with Crippen LogP contribution in [0.3, 0.4) is 0 Å². The molecule has 0 aliphatic rings. The minimum Gasteiger partial charge on any atom is -0.351 e. The standard InChI is InChI=1S/C13H20BrN3O/c1-4-6-10(14)8-15-13(18)11-7-9(3)16-17-12(11)5-2/h7,10H,4-6,8H2,1-3H3,(H,15,18). The fourth-order valence-electron chi connectivity index (χ4n) is 1.69. The van der Waals surface area contributed by atoms with Crippen LogP contribution in [-0.2, 0) is 6.42 Å². The molecule has 0 radical (unpaired) electrons. The summed E-state index contributed by atoms with van der Waals surface area (Å²) in [5.74, 6) is -0.0644. The van der Waals surface area contributed by atoms with Crippen molar-refractivity contribution in [2.24, 2.45) is 0 Å². The van der Waals surface area contributed by atoms with Gasteiger partial charge in [-0.25, -0.2) is 0 Å². The smallest absolute Gasteiger partial charge is 0.253 e. The number of halogens is 1. The van der Waals surface area contributed by atoms with Crippen LogP contribution in [0.4, 0.5) is 0 Å². The lowest BCUT2D eigenvalue weighted by atomic mass is 10.1. The number of nitrogens with zero attached hydrogens (tertiary/aromatic N) is 2. The van der Waals surface area contributed by atoms with Gasteiger partial charge < -0.3 is 5.32 Å². The molecule has 100 valence electrons. The Balaban J connectivity index is 2.68. The van der Waals surface area contributed by atoms with E-state index in [0.717, 1.165) is 24.2 Å². The van der Waals surface area contributed by atoms with Crippen LogP contribution in [-0.4, -0.2) is 27.5 Å². The van der Waals surface area contributed by atoms with Crippen molar-refractivity contribution >= 4 is 21.8 Å². The highest BCUT2D eigenvalue weighted by Crippen LogP contribution is 2.09. The maximum absolute atomic E-state index is 12.1. The second kappa shape index (κ2) is 7.46. The van der Waals surface area contributed by atoms with E-state index in [0.29, 0.717) is 23.4 Å². The number of hydrogen-bond acceptors (Lipinski definition) is 3. The molecular formula is C13H20BrN3O. The third-order valence-electron chi connectivity index (χ3n) is 2.66. The Morgan fingerprint density at radius 3 is 2.78 bits per heavy atom. The minimum absolute atomic E-state index is 0.0644. The van der Waals surface area contributed by atoms with Gasteiger partial charge in [0.15, 0.2) is 0 Å². The van der Waals surface area contributed by atoms with Gasteiger partial charge in [-0.15, -0.1) is 0 Å². The first-order valence-electron chi connectivity index (χ1n) is 6.33. The predicted molar refractivity (Wildman–Crippen MR) is 76.1 cm³/mol. The topological polar surface area (TPSA) is 54.9 Å². The van der Waals surface area contributed by atoms with Crippen LogP contribution in [0.5, 0.6) is 0 Å². The highest BCUT2D eigenvalue weighted by molar-refractivity contribution is 9.09. The van der Waals surface area contributed by atoms with E-state index >= 15 is 0 Å². The molecule has 1 amide bonds. The van der Waals surface area contributed by atoms with E-state index in [9.17, 15) is 4.79 Å². The summed E-state index contributed by atoms with van der Waals surface area (Å²) < 4.78 is 0. The Kier molecular flexibility index (Phi) is 6.25. The Hall–Kier alpha value is -0.970. The first kappa shape index (κ1) is 15.1. The number of amides is 1. The van der Waals surface area contributed by atoms with Crippen molar-refractivity contribution in [1.82, 2.24) is 15.5 Å². The maximum Gasteiger partial charge on any atom is 0.253 e. The summed E-state index contributed by atoms with van der Waals surface area (Å²) in [5.41, 5.74) is 2.15. The monoisotopic (exact) mass is 313 g/mol. The van der Waals surface area contributed by atoms with Gasteiger partial charge in [0.05, 0.1) is 17.0 Å². The van der Waals surface area contributed by atoms with Crippen LogP contribution in [0.25, 0.3) is 0 Å². The minimum atomic E-state index is -0.0644. The molecule has 0 saturated heterocycles. The van der Waals surface area contributed by atoms with Crippen molar-refractivity contribution in [3.05, 3.63) is 23.0 Å². The van der Waals surface area contributed by atoms with Crippen LogP contribution in [0.2, 0.25) is 0 Å². The summed E-state index contributed by atoms with van der Waals surface area (Å²) >= 11 is 3.55. The highest BCUT2D eigenvalue weighted by Gasteiger charge is 2.13. The average molecular weight is 314 g/mol.